The van der Waals surface area contributed by atoms with Crippen LogP contribution < -0.4 is 5.73 Å². The van der Waals surface area contributed by atoms with Crippen LogP contribution in [0.2, 0.25) is 0 Å². The Bertz CT molecular complexity index is 656. The summed E-state index contributed by atoms with van der Waals surface area (Å²) in [4.78, 5) is 7.54. The molecular formula is C15H15N3. The maximum atomic E-state index is 5.73. The van der Waals surface area contributed by atoms with E-state index < -0.39 is 0 Å². The third-order valence-electron chi connectivity index (χ3n) is 3.18. The van der Waals surface area contributed by atoms with E-state index in [1.807, 2.05) is 30.6 Å². The fourth-order valence-corrected chi connectivity index (χ4v) is 2.37. The van der Waals surface area contributed by atoms with E-state index in [0.29, 0.717) is 6.54 Å². The van der Waals surface area contributed by atoms with Crippen molar-refractivity contribution in [3.8, 4) is 11.3 Å². The molecule has 18 heavy (non-hydrogen) atoms. The molecule has 3 nitrogen and oxygen atoms in total. The van der Waals surface area contributed by atoms with E-state index in [-0.39, 0.29) is 0 Å². The lowest BCUT2D eigenvalue weighted by Gasteiger charge is -2.03. The van der Waals surface area contributed by atoms with Gasteiger partial charge >= 0.3 is 0 Å². The van der Waals surface area contributed by atoms with Crippen LogP contribution in [0, 0.1) is 0 Å². The van der Waals surface area contributed by atoms with Crippen LogP contribution in [0.3, 0.4) is 0 Å². The van der Waals surface area contributed by atoms with Gasteiger partial charge in [-0.25, -0.2) is 0 Å². The molecule has 90 valence electrons. The number of hydrogen-bond acceptors (Lipinski definition) is 2. The van der Waals surface area contributed by atoms with Crippen molar-refractivity contribution in [2.45, 2.75) is 6.42 Å². The SMILES string of the molecule is NCCc1c(-c2ccncc2)[nH]c2ccccc12. The Morgan fingerprint density at radius 1 is 1.06 bits per heavy atom. The quantitative estimate of drug-likeness (QED) is 0.736. The molecule has 0 amide bonds. The van der Waals surface area contributed by atoms with E-state index in [0.717, 1.165) is 23.2 Å². The molecule has 0 radical (unpaired) electrons. The van der Waals surface area contributed by atoms with Gasteiger partial charge in [-0.2, -0.15) is 0 Å². The van der Waals surface area contributed by atoms with Crippen LogP contribution >= 0.6 is 0 Å². The van der Waals surface area contributed by atoms with Gasteiger partial charge < -0.3 is 10.7 Å². The highest BCUT2D eigenvalue weighted by atomic mass is 14.7. The highest BCUT2D eigenvalue weighted by molar-refractivity contribution is 5.90. The molecule has 0 aliphatic heterocycles. The minimum atomic E-state index is 0.653. The van der Waals surface area contributed by atoms with Gasteiger partial charge in [0, 0.05) is 34.6 Å². The number of nitrogens with zero attached hydrogens (tertiary/aromatic N) is 1. The first-order valence-corrected chi connectivity index (χ1v) is 6.10. The second-order valence-corrected chi connectivity index (χ2v) is 4.30. The number of H-pyrrole nitrogens is 1. The highest BCUT2D eigenvalue weighted by Crippen LogP contribution is 2.30. The molecule has 0 saturated carbocycles. The van der Waals surface area contributed by atoms with Gasteiger partial charge in [-0.05, 0) is 36.7 Å². The number of aromatic amines is 1. The van der Waals surface area contributed by atoms with Crippen LogP contribution in [0.4, 0.5) is 0 Å². The highest BCUT2D eigenvalue weighted by Gasteiger charge is 2.11. The van der Waals surface area contributed by atoms with Crippen molar-refractivity contribution >= 4 is 10.9 Å². The van der Waals surface area contributed by atoms with Gasteiger partial charge in [-0.1, -0.05) is 18.2 Å². The molecular weight excluding hydrogens is 222 g/mol. The summed E-state index contributed by atoms with van der Waals surface area (Å²) in [5.74, 6) is 0. The standard InChI is InChI=1S/C15H15N3/c16-8-5-13-12-3-1-2-4-14(12)18-15(13)11-6-9-17-10-7-11/h1-4,6-7,9-10,18H,5,8,16H2. The van der Waals surface area contributed by atoms with Gasteiger partial charge in [0.15, 0.2) is 0 Å². The van der Waals surface area contributed by atoms with Crippen LogP contribution in [0.1, 0.15) is 5.56 Å². The summed E-state index contributed by atoms with van der Waals surface area (Å²) in [5, 5.41) is 1.26. The molecule has 3 aromatic rings. The summed E-state index contributed by atoms with van der Waals surface area (Å²) in [6, 6.07) is 12.4. The van der Waals surface area contributed by atoms with Crippen molar-refractivity contribution in [1.82, 2.24) is 9.97 Å². The number of rotatable bonds is 3. The molecule has 0 bridgehead atoms. The largest absolute Gasteiger partial charge is 0.354 e. The lowest BCUT2D eigenvalue weighted by Crippen LogP contribution is -2.03. The van der Waals surface area contributed by atoms with Crippen LogP contribution in [0.25, 0.3) is 22.2 Å². The first-order chi connectivity index (χ1) is 8.90. The van der Waals surface area contributed by atoms with Crippen molar-refractivity contribution in [1.29, 1.82) is 0 Å². The van der Waals surface area contributed by atoms with E-state index in [4.69, 9.17) is 5.73 Å². The van der Waals surface area contributed by atoms with Gasteiger partial charge in [0.1, 0.15) is 0 Å². The number of fused-ring (bicyclic) bond motifs is 1. The number of hydrogen-bond donors (Lipinski definition) is 2. The Morgan fingerprint density at radius 2 is 1.83 bits per heavy atom. The lowest BCUT2D eigenvalue weighted by atomic mass is 10.0. The summed E-state index contributed by atoms with van der Waals surface area (Å²) >= 11 is 0. The summed E-state index contributed by atoms with van der Waals surface area (Å²) in [6.07, 6.45) is 4.50. The zero-order valence-electron chi connectivity index (χ0n) is 10.1. The zero-order valence-corrected chi connectivity index (χ0v) is 10.1. The fraction of sp³-hybridized carbons (Fsp3) is 0.133. The van der Waals surface area contributed by atoms with Gasteiger partial charge in [-0.3, -0.25) is 4.98 Å². The molecule has 0 unspecified atom stereocenters. The Balaban J connectivity index is 2.25. The summed E-state index contributed by atoms with van der Waals surface area (Å²) < 4.78 is 0. The smallest absolute Gasteiger partial charge is 0.0498 e. The molecule has 3 N–H and O–H groups in total. The van der Waals surface area contributed by atoms with E-state index in [2.05, 4.69) is 28.2 Å². The summed E-state index contributed by atoms with van der Waals surface area (Å²) in [5.41, 5.74) is 10.5. The fourth-order valence-electron chi connectivity index (χ4n) is 2.37. The Kier molecular flexibility index (Phi) is 2.82. The first kappa shape index (κ1) is 11.0. The molecule has 0 fully saturated rings. The number of nitrogens with two attached hydrogens (primary N) is 1. The molecule has 0 aliphatic carbocycles. The molecule has 1 aromatic carbocycles. The average Bonchev–Trinajstić information content (AvgIpc) is 2.80. The van der Waals surface area contributed by atoms with E-state index in [9.17, 15) is 0 Å². The normalized spacial score (nSPS) is 10.9. The maximum absolute atomic E-state index is 5.73. The van der Waals surface area contributed by atoms with Gasteiger partial charge in [-0.15, -0.1) is 0 Å². The number of benzene rings is 1. The molecule has 3 rings (SSSR count). The van der Waals surface area contributed by atoms with Gasteiger partial charge in [0.05, 0.1) is 0 Å². The Labute approximate surface area is 106 Å². The average molecular weight is 237 g/mol. The van der Waals surface area contributed by atoms with E-state index in [1.165, 1.54) is 10.9 Å². The summed E-state index contributed by atoms with van der Waals surface area (Å²) in [7, 11) is 0. The van der Waals surface area contributed by atoms with E-state index >= 15 is 0 Å². The van der Waals surface area contributed by atoms with Crippen LogP contribution in [0.15, 0.2) is 48.8 Å². The summed E-state index contributed by atoms with van der Waals surface area (Å²) in [6.45, 7) is 0.653. The molecule has 2 aromatic heterocycles. The van der Waals surface area contributed by atoms with Crippen LogP contribution in [-0.4, -0.2) is 16.5 Å². The number of pyridine rings is 1. The van der Waals surface area contributed by atoms with Gasteiger partial charge in [0.2, 0.25) is 0 Å². The third kappa shape index (κ3) is 1.79. The second kappa shape index (κ2) is 4.63. The van der Waals surface area contributed by atoms with Crippen molar-refractivity contribution < 1.29 is 0 Å². The van der Waals surface area contributed by atoms with Gasteiger partial charge in [0.25, 0.3) is 0 Å². The molecule has 0 spiro atoms. The predicted molar refractivity (Wildman–Crippen MR) is 74.3 cm³/mol. The molecule has 2 heterocycles. The maximum Gasteiger partial charge on any atom is 0.0498 e. The minimum absolute atomic E-state index is 0.653. The molecule has 0 saturated heterocycles. The van der Waals surface area contributed by atoms with Crippen molar-refractivity contribution in [2.75, 3.05) is 6.54 Å². The van der Waals surface area contributed by atoms with E-state index in [1.54, 1.807) is 0 Å². The minimum Gasteiger partial charge on any atom is -0.354 e. The predicted octanol–water partition coefficient (Wildman–Crippen LogP) is 2.73. The lowest BCUT2D eigenvalue weighted by molar-refractivity contribution is 0.978. The van der Waals surface area contributed by atoms with Crippen LogP contribution in [0.5, 0.6) is 0 Å². The van der Waals surface area contributed by atoms with Crippen molar-refractivity contribution in [3.05, 3.63) is 54.4 Å². The van der Waals surface area contributed by atoms with Crippen LogP contribution in [-0.2, 0) is 6.42 Å². The topological polar surface area (TPSA) is 54.7 Å². The second-order valence-electron chi connectivity index (χ2n) is 4.30. The number of para-hydroxylation sites is 1. The first-order valence-electron chi connectivity index (χ1n) is 6.10. The molecule has 0 aliphatic rings. The molecule has 3 heteroatoms. The zero-order chi connectivity index (χ0) is 12.4. The molecule has 0 atom stereocenters. The number of nitrogens with one attached hydrogen (secondary N) is 1. The number of aromatic nitrogens is 2. The Hall–Kier alpha value is -2.13. The van der Waals surface area contributed by atoms with Crippen molar-refractivity contribution in [2.24, 2.45) is 5.73 Å². The van der Waals surface area contributed by atoms with Crippen molar-refractivity contribution in [3.63, 3.8) is 0 Å². The third-order valence-corrected chi connectivity index (χ3v) is 3.18. The Morgan fingerprint density at radius 3 is 2.61 bits per heavy atom. The monoisotopic (exact) mass is 237 g/mol.